The Morgan fingerprint density at radius 2 is 1.73 bits per heavy atom. The molecule has 0 atom stereocenters. The summed E-state index contributed by atoms with van der Waals surface area (Å²) in [5, 5.41) is 0. The second kappa shape index (κ2) is 3.38. The molecule has 0 saturated carbocycles. The fourth-order valence-corrected chi connectivity index (χ4v) is 0.685. The minimum atomic E-state index is -0.456. The summed E-state index contributed by atoms with van der Waals surface area (Å²) in [4.78, 5) is 21.8. The summed E-state index contributed by atoms with van der Waals surface area (Å²) in [5.74, 6) is -0.912. The molecule has 1 aliphatic heterocycles. The van der Waals surface area contributed by atoms with Gasteiger partial charge in [-0.2, -0.15) is 0 Å². The quantitative estimate of drug-likeness (QED) is 0.306. The number of rotatable bonds is 0. The molecular formula is C5H7BNO4. The molecule has 0 unspecified atom stereocenters. The predicted molar refractivity (Wildman–Crippen MR) is 34.0 cm³/mol. The Morgan fingerprint density at radius 3 is 2.18 bits per heavy atom. The summed E-state index contributed by atoms with van der Waals surface area (Å²) in [5.41, 5.74) is 0. The minimum Gasteiger partial charge on any atom is -0.495 e. The minimum absolute atomic E-state index is 0.0750. The normalized spacial score (nSPS) is 20.8. The van der Waals surface area contributed by atoms with Crippen LogP contribution < -0.4 is 4.90 Å². The summed E-state index contributed by atoms with van der Waals surface area (Å²) in [7, 11) is 4.25. The number of carbonyl (C=O) groups is 2. The van der Waals surface area contributed by atoms with E-state index in [1.807, 2.05) is 0 Å². The Bertz CT molecular complexity index is 165. The highest BCUT2D eigenvalue weighted by Gasteiger charge is 2.19. The van der Waals surface area contributed by atoms with Crippen molar-refractivity contribution in [2.24, 2.45) is 0 Å². The second-order valence-corrected chi connectivity index (χ2v) is 2.18. The van der Waals surface area contributed by atoms with E-state index in [0.29, 0.717) is 4.90 Å². The molecule has 5 nitrogen and oxygen atoms in total. The van der Waals surface area contributed by atoms with Crippen LogP contribution in [0.25, 0.3) is 0 Å². The molecule has 0 spiro atoms. The summed E-state index contributed by atoms with van der Waals surface area (Å²) in [6.07, 6.45) is 0. The Labute approximate surface area is 64.6 Å². The van der Waals surface area contributed by atoms with Gasteiger partial charge in [0.15, 0.2) is 13.1 Å². The molecule has 0 amide bonds. The standard InChI is InChI=1S/C5H7BNO4/c1-7-2-4(8)10-6-11-5(9)3-7/h7H,1-3H2. The first kappa shape index (κ1) is 8.07. The lowest BCUT2D eigenvalue weighted by atomic mass is 10.3. The zero-order valence-electron chi connectivity index (χ0n) is 5.83. The van der Waals surface area contributed by atoms with Crippen LogP contribution in [0.2, 0.25) is 0 Å². The maximum absolute atomic E-state index is 10.6. The average molecular weight is 156 g/mol. The van der Waals surface area contributed by atoms with Gasteiger partial charge in [-0.05, 0) is 0 Å². The summed E-state index contributed by atoms with van der Waals surface area (Å²) >= 11 is 0. The molecule has 0 aromatic heterocycles. The Morgan fingerprint density at radius 1 is 1.27 bits per heavy atom. The van der Waals surface area contributed by atoms with Gasteiger partial charge in [-0.1, -0.05) is 0 Å². The third kappa shape index (κ3) is 2.59. The van der Waals surface area contributed by atoms with Crippen molar-refractivity contribution in [1.82, 2.24) is 0 Å². The monoisotopic (exact) mass is 156 g/mol. The lowest BCUT2D eigenvalue weighted by Crippen LogP contribution is -3.09. The number of hydrogen-bond donors (Lipinski definition) is 1. The number of hydrogen-bond acceptors (Lipinski definition) is 4. The molecule has 1 fully saturated rings. The molecule has 11 heavy (non-hydrogen) atoms. The molecule has 0 aromatic carbocycles. The van der Waals surface area contributed by atoms with Crippen molar-refractivity contribution < 1.29 is 23.8 Å². The van der Waals surface area contributed by atoms with Crippen LogP contribution in [0.4, 0.5) is 0 Å². The van der Waals surface area contributed by atoms with Gasteiger partial charge in [0, 0.05) is 0 Å². The SMILES string of the molecule is [CH2-][NH+]1CC(=O)O[B]OC(=O)C1. The van der Waals surface area contributed by atoms with Crippen molar-refractivity contribution in [3.63, 3.8) is 0 Å². The smallest absolute Gasteiger partial charge is 0.495 e. The molecule has 1 rings (SSSR count). The Hall–Kier alpha value is -1.04. The van der Waals surface area contributed by atoms with E-state index in [1.54, 1.807) is 0 Å². The number of nitrogens with one attached hydrogen (secondary N) is 1. The van der Waals surface area contributed by atoms with Crippen molar-refractivity contribution in [1.29, 1.82) is 0 Å². The topological polar surface area (TPSA) is 57.0 Å². The summed E-state index contributed by atoms with van der Waals surface area (Å²) < 4.78 is 8.71. The van der Waals surface area contributed by atoms with Gasteiger partial charge in [0.25, 0.3) is 0 Å². The summed E-state index contributed by atoms with van der Waals surface area (Å²) in [6.45, 7) is 0.150. The molecule has 1 heterocycles. The third-order valence-corrected chi connectivity index (χ3v) is 1.15. The van der Waals surface area contributed by atoms with Gasteiger partial charge >= 0.3 is 19.6 Å². The zero-order valence-corrected chi connectivity index (χ0v) is 5.83. The highest BCUT2D eigenvalue weighted by Crippen LogP contribution is 1.79. The number of carbonyl (C=O) groups excluding carboxylic acids is 2. The zero-order chi connectivity index (χ0) is 8.27. The van der Waals surface area contributed by atoms with E-state index in [1.165, 1.54) is 0 Å². The summed E-state index contributed by atoms with van der Waals surface area (Å²) in [6, 6.07) is 0. The lowest BCUT2D eigenvalue weighted by Gasteiger charge is -2.20. The van der Waals surface area contributed by atoms with E-state index in [0.717, 1.165) is 7.69 Å². The molecule has 59 valence electrons. The molecular weight excluding hydrogens is 149 g/mol. The van der Waals surface area contributed by atoms with Crippen molar-refractivity contribution in [3.8, 4) is 0 Å². The average Bonchev–Trinajstić information content (AvgIpc) is 1.83. The number of quaternary nitrogens is 1. The van der Waals surface area contributed by atoms with Crippen LogP contribution in [0, 0.1) is 7.05 Å². The fraction of sp³-hybridized carbons (Fsp3) is 0.400. The molecule has 1 saturated heterocycles. The maximum atomic E-state index is 10.6. The highest BCUT2D eigenvalue weighted by molar-refractivity contribution is 6.26. The maximum Gasteiger partial charge on any atom is 0.662 e. The molecule has 0 aliphatic carbocycles. The Balaban J connectivity index is 2.47. The van der Waals surface area contributed by atoms with Gasteiger partial charge in [-0.25, -0.2) is 9.59 Å². The molecule has 1 radical (unpaired) electrons. The molecule has 0 bridgehead atoms. The van der Waals surface area contributed by atoms with Crippen LogP contribution in [0.3, 0.4) is 0 Å². The van der Waals surface area contributed by atoms with Gasteiger partial charge in [0.2, 0.25) is 0 Å². The fourth-order valence-electron chi connectivity index (χ4n) is 0.685. The molecule has 1 aliphatic rings. The van der Waals surface area contributed by atoms with Crippen molar-refractivity contribution in [3.05, 3.63) is 7.05 Å². The van der Waals surface area contributed by atoms with Crippen LogP contribution >= 0.6 is 0 Å². The molecule has 0 aromatic rings. The van der Waals surface area contributed by atoms with Crippen LogP contribution in [0.15, 0.2) is 0 Å². The lowest BCUT2D eigenvalue weighted by molar-refractivity contribution is -0.837. The molecule has 6 heteroatoms. The van der Waals surface area contributed by atoms with Gasteiger partial charge in [-0.15, -0.1) is 7.05 Å². The van der Waals surface area contributed by atoms with Crippen molar-refractivity contribution >= 4 is 19.6 Å². The van der Waals surface area contributed by atoms with E-state index in [9.17, 15) is 9.59 Å². The predicted octanol–water partition coefficient (Wildman–Crippen LogP) is -2.70. The van der Waals surface area contributed by atoms with E-state index < -0.39 is 11.9 Å². The van der Waals surface area contributed by atoms with Gasteiger partial charge in [0.05, 0.1) is 0 Å². The van der Waals surface area contributed by atoms with Gasteiger partial charge < -0.3 is 14.2 Å². The third-order valence-electron chi connectivity index (χ3n) is 1.15. The van der Waals surface area contributed by atoms with E-state index >= 15 is 0 Å². The van der Waals surface area contributed by atoms with E-state index in [4.69, 9.17) is 0 Å². The van der Waals surface area contributed by atoms with Crippen LogP contribution in [-0.2, 0) is 18.9 Å². The van der Waals surface area contributed by atoms with E-state index in [2.05, 4.69) is 16.4 Å². The highest BCUT2D eigenvalue weighted by atomic mass is 16.6. The molecule has 1 N–H and O–H groups in total. The first-order valence-corrected chi connectivity index (χ1v) is 3.06. The van der Waals surface area contributed by atoms with Gasteiger partial charge in [0.1, 0.15) is 0 Å². The van der Waals surface area contributed by atoms with E-state index in [-0.39, 0.29) is 13.1 Å². The Kier molecular flexibility index (Phi) is 2.48. The van der Waals surface area contributed by atoms with Gasteiger partial charge in [-0.3, -0.25) is 0 Å². The van der Waals surface area contributed by atoms with Crippen molar-refractivity contribution in [2.45, 2.75) is 0 Å². The van der Waals surface area contributed by atoms with Crippen molar-refractivity contribution in [2.75, 3.05) is 13.1 Å². The second-order valence-electron chi connectivity index (χ2n) is 2.18. The van der Waals surface area contributed by atoms with Crippen LogP contribution in [0.1, 0.15) is 0 Å². The largest absolute Gasteiger partial charge is 0.662 e. The van der Waals surface area contributed by atoms with Crippen LogP contribution in [-0.4, -0.2) is 32.7 Å². The van der Waals surface area contributed by atoms with Crippen LogP contribution in [0.5, 0.6) is 0 Å². The first-order valence-electron chi connectivity index (χ1n) is 3.06. The first-order chi connectivity index (χ1) is 5.18.